The highest BCUT2D eigenvalue weighted by molar-refractivity contribution is 5.93. The van der Waals surface area contributed by atoms with Crippen LogP contribution in [0.2, 0.25) is 0 Å². The Morgan fingerprint density at radius 1 is 1.21 bits per heavy atom. The fourth-order valence-electron chi connectivity index (χ4n) is 0.974. The second-order valence-corrected chi connectivity index (χ2v) is 3.85. The van der Waals surface area contributed by atoms with Crippen molar-refractivity contribution in [3.05, 3.63) is 23.8 Å². The number of aliphatic hydroxyl groups is 1. The van der Waals surface area contributed by atoms with Gasteiger partial charge in [-0.15, -0.1) is 0 Å². The van der Waals surface area contributed by atoms with Crippen LogP contribution >= 0.6 is 0 Å². The molecule has 4 N–H and O–H groups in total. The molecule has 0 aliphatic rings. The lowest BCUT2D eigenvalue weighted by Gasteiger charge is -2.17. The van der Waals surface area contributed by atoms with E-state index in [0.29, 0.717) is 0 Å². The van der Waals surface area contributed by atoms with Crippen molar-refractivity contribution >= 4 is 17.8 Å². The van der Waals surface area contributed by atoms with Gasteiger partial charge in [0.1, 0.15) is 5.69 Å². The van der Waals surface area contributed by atoms with Crippen LogP contribution < -0.4 is 5.32 Å². The van der Waals surface area contributed by atoms with Crippen LogP contribution in [-0.4, -0.2) is 55.3 Å². The number of nitrogens with zero attached hydrogens (tertiary/aromatic N) is 2. The van der Waals surface area contributed by atoms with E-state index in [4.69, 9.17) is 10.2 Å². The van der Waals surface area contributed by atoms with Gasteiger partial charge in [-0.2, -0.15) is 0 Å². The first-order valence-electron chi connectivity index (χ1n) is 5.03. The van der Waals surface area contributed by atoms with Crippen molar-refractivity contribution in [2.45, 2.75) is 12.5 Å². The molecule has 9 heteroatoms. The molecule has 0 fully saturated rings. The maximum atomic E-state index is 11.5. The first kappa shape index (κ1) is 14.5. The van der Waals surface area contributed by atoms with Gasteiger partial charge in [-0.25, -0.2) is 19.6 Å². The maximum absolute atomic E-state index is 11.5. The van der Waals surface area contributed by atoms with Crippen LogP contribution in [0.3, 0.4) is 0 Å². The summed E-state index contributed by atoms with van der Waals surface area (Å²) in [4.78, 5) is 39.7. The Hall–Kier alpha value is -2.55. The van der Waals surface area contributed by atoms with Gasteiger partial charge in [-0.3, -0.25) is 4.79 Å². The first-order valence-corrected chi connectivity index (χ1v) is 5.03. The third-order valence-corrected chi connectivity index (χ3v) is 2.16. The van der Waals surface area contributed by atoms with Crippen LogP contribution in [0.5, 0.6) is 0 Å². The highest BCUT2D eigenvalue weighted by Gasteiger charge is 2.30. The van der Waals surface area contributed by atoms with Crippen LogP contribution in [-0.2, 0) is 4.79 Å². The molecule has 1 amide bonds. The van der Waals surface area contributed by atoms with E-state index in [2.05, 4.69) is 15.3 Å². The van der Waals surface area contributed by atoms with Crippen molar-refractivity contribution in [2.75, 3.05) is 6.54 Å². The molecule has 0 saturated carbocycles. The molecule has 0 radical (unpaired) electrons. The van der Waals surface area contributed by atoms with Gasteiger partial charge >= 0.3 is 11.9 Å². The Bertz CT molecular complexity index is 511. The van der Waals surface area contributed by atoms with Crippen LogP contribution in [0.15, 0.2) is 12.4 Å². The highest BCUT2D eigenvalue weighted by Crippen LogP contribution is 2.02. The monoisotopic (exact) mass is 269 g/mol. The van der Waals surface area contributed by atoms with E-state index in [0.717, 1.165) is 19.3 Å². The molecule has 9 nitrogen and oxygen atoms in total. The van der Waals surface area contributed by atoms with Crippen molar-refractivity contribution in [3.8, 4) is 0 Å². The minimum absolute atomic E-state index is 0.189. The van der Waals surface area contributed by atoms with E-state index in [9.17, 15) is 19.5 Å². The number of carboxylic acids is 2. The van der Waals surface area contributed by atoms with Crippen molar-refractivity contribution in [2.24, 2.45) is 0 Å². The van der Waals surface area contributed by atoms with Gasteiger partial charge in [-0.05, 0) is 6.92 Å². The van der Waals surface area contributed by atoms with Crippen molar-refractivity contribution < 1.29 is 29.7 Å². The van der Waals surface area contributed by atoms with Crippen LogP contribution in [0, 0.1) is 0 Å². The Morgan fingerprint density at radius 3 is 2.16 bits per heavy atom. The van der Waals surface area contributed by atoms with Crippen LogP contribution in [0.4, 0.5) is 0 Å². The van der Waals surface area contributed by atoms with E-state index in [1.807, 2.05) is 0 Å². The molecule has 1 atom stereocenters. The van der Waals surface area contributed by atoms with E-state index in [1.165, 1.54) is 0 Å². The average Bonchev–Trinajstić information content (AvgIpc) is 2.36. The summed E-state index contributed by atoms with van der Waals surface area (Å²) >= 11 is 0. The summed E-state index contributed by atoms with van der Waals surface area (Å²) in [5.74, 6) is -3.54. The van der Waals surface area contributed by atoms with Crippen molar-refractivity contribution in [1.29, 1.82) is 0 Å². The van der Waals surface area contributed by atoms with Gasteiger partial charge in [0, 0.05) is 0 Å². The second-order valence-electron chi connectivity index (χ2n) is 3.85. The SMILES string of the molecule is CC(O)(CNC(=O)c1cnc(C(=O)O)cn1)C(=O)O. The molecule has 0 aliphatic carbocycles. The molecule has 1 aromatic rings. The van der Waals surface area contributed by atoms with Gasteiger partial charge in [-0.1, -0.05) is 0 Å². The van der Waals surface area contributed by atoms with E-state index in [1.54, 1.807) is 0 Å². The minimum atomic E-state index is -2.11. The van der Waals surface area contributed by atoms with Gasteiger partial charge in [0.05, 0.1) is 18.9 Å². The molecule has 1 aromatic heterocycles. The summed E-state index contributed by atoms with van der Waals surface area (Å²) in [6.07, 6.45) is 1.83. The van der Waals surface area contributed by atoms with E-state index in [-0.39, 0.29) is 11.4 Å². The van der Waals surface area contributed by atoms with Crippen molar-refractivity contribution in [3.63, 3.8) is 0 Å². The zero-order chi connectivity index (χ0) is 14.6. The van der Waals surface area contributed by atoms with Gasteiger partial charge < -0.3 is 20.6 Å². The lowest BCUT2D eigenvalue weighted by atomic mass is 10.1. The zero-order valence-corrected chi connectivity index (χ0v) is 9.82. The summed E-state index contributed by atoms with van der Waals surface area (Å²) in [6.45, 7) is 0.498. The number of amides is 1. The van der Waals surface area contributed by atoms with Crippen molar-refractivity contribution in [1.82, 2.24) is 15.3 Å². The number of aliphatic carboxylic acids is 1. The lowest BCUT2D eigenvalue weighted by Crippen LogP contribution is -2.46. The quantitative estimate of drug-likeness (QED) is 0.517. The smallest absolute Gasteiger partial charge is 0.356 e. The summed E-state index contributed by atoms with van der Waals surface area (Å²) < 4.78 is 0. The largest absolute Gasteiger partial charge is 0.479 e. The molecule has 1 unspecified atom stereocenters. The molecule has 0 spiro atoms. The van der Waals surface area contributed by atoms with Gasteiger partial charge in [0.25, 0.3) is 5.91 Å². The number of carbonyl (C=O) groups is 3. The molecule has 0 bridgehead atoms. The molecule has 19 heavy (non-hydrogen) atoms. The fraction of sp³-hybridized carbons (Fsp3) is 0.300. The van der Waals surface area contributed by atoms with E-state index < -0.39 is 30.0 Å². The summed E-state index contributed by atoms with van der Waals surface area (Å²) in [5, 5.41) is 28.7. The average molecular weight is 269 g/mol. The normalized spacial score (nSPS) is 13.4. The third-order valence-electron chi connectivity index (χ3n) is 2.16. The first-order chi connectivity index (χ1) is 8.74. The predicted octanol–water partition coefficient (Wildman–Crippen LogP) is -1.26. The Morgan fingerprint density at radius 2 is 1.74 bits per heavy atom. The minimum Gasteiger partial charge on any atom is -0.479 e. The maximum Gasteiger partial charge on any atom is 0.356 e. The molecule has 102 valence electrons. The van der Waals surface area contributed by atoms with Crippen LogP contribution in [0.1, 0.15) is 27.9 Å². The summed E-state index contributed by atoms with van der Waals surface area (Å²) in [7, 11) is 0. The number of hydrogen-bond donors (Lipinski definition) is 4. The summed E-state index contributed by atoms with van der Waals surface area (Å²) in [6, 6.07) is 0. The highest BCUT2D eigenvalue weighted by atomic mass is 16.4. The molecule has 0 aliphatic heterocycles. The Kier molecular flexibility index (Phi) is 4.12. The number of rotatable bonds is 5. The van der Waals surface area contributed by atoms with Crippen LogP contribution in [0.25, 0.3) is 0 Å². The van der Waals surface area contributed by atoms with Gasteiger partial charge in [0.15, 0.2) is 11.3 Å². The molecular formula is C10H11N3O6. The molecule has 1 rings (SSSR count). The third kappa shape index (κ3) is 3.71. The van der Waals surface area contributed by atoms with Gasteiger partial charge in [0.2, 0.25) is 0 Å². The predicted molar refractivity (Wildman–Crippen MR) is 59.6 cm³/mol. The standard InChI is InChI=1S/C10H11N3O6/c1-10(19,9(17)18)4-13-7(14)5-2-12-6(3-11-5)8(15)16/h2-3,19H,4H2,1H3,(H,13,14)(H,15,16)(H,17,18). The molecule has 1 heterocycles. The van der Waals surface area contributed by atoms with E-state index >= 15 is 0 Å². The number of carbonyl (C=O) groups excluding carboxylic acids is 1. The molecule has 0 aromatic carbocycles. The topological polar surface area (TPSA) is 150 Å². The lowest BCUT2D eigenvalue weighted by molar-refractivity contribution is -0.155. The molecule has 0 saturated heterocycles. The number of nitrogens with one attached hydrogen (secondary N) is 1. The zero-order valence-electron chi connectivity index (χ0n) is 9.82. The Balaban J connectivity index is 2.69. The second kappa shape index (κ2) is 5.40. The molecular weight excluding hydrogens is 258 g/mol. The Labute approximate surface area is 106 Å². The summed E-state index contributed by atoms with van der Waals surface area (Å²) in [5.41, 5.74) is -2.62. The number of carboxylic acid groups (broad SMARTS) is 2. The number of aromatic nitrogens is 2. The number of aromatic carboxylic acids is 1. The fourth-order valence-corrected chi connectivity index (χ4v) is 0.974. The number of hydrogen-bond acceptors (Lipinski definition) is 6.